The van der Waals surface area contributed by atoms with Crippen LogP contribution in [0.15, 0.2) is 89.3 Å². The molecule has 0 aliphatic heterocycles. The molecule has 0 radical (unpaired) electrons. The van der Waals surface area contributed by atoms with E-state index in [4.69, 9.17) is 54.9 Å². The smallest absolute Gasteiger partial charge is 0.422 e. The number of hydrogen-bond acceptors (Lipinski definition) is 19. The van der Waals surface area contributed by atoms with Gasteiger partial charge >= 0.3 is 12.4 Å². The molecule has 7 heterocycles. The first kappa shape index (κ1) is 97.2. The van der Waals surface area contributed by atoms with Gasteiger partial charge in [-0.2, -0.15) is 64.3 Å². The van der Waals surface area contributed by atoms with Crippen molar-refractivity contribution in [3.63, 3.8) is 0 Å². The molecule has 1 amide bonds. The number of Topliss-reactive ketones (excluding diaryl/α,β-unsaturated/α-hetero) is 2. The third-order valence-electron chi connectivity index (χ3n) is 25.0. The van der Waals surface area contributed by atoms with E-state index in [0.29, 0.717) is 107 Å². The third-order valence-corrected chi connectivity index (χ3v) is 31.7. The number of halogens is 16. The first-order valence-electron chi connectivity index (χ1n) is 42.8. The number of nitrogens with zero attached hydrogens (tertiary/aromatic N) is 12. The van der Waals surface area contributed by atoms with E-state index >= 15 is 17.6 Å². The molecule has 4 saturated carbocycles. The van der Waals surface area contributed by atoms with E-state index in [1.165, 1.54) is 76.9 Å². The van der Waals surface area contributed by atoms with Crippen LogP contribution in [0.4, 0.5) is 61.5 Å². The highest BCUT2D eigenvalue weighted by atomic mass is 35.5. The molecule has 4 fully saturated rings. The van der Waals surface area contributed by atoms with Gasteiger partial charge in [-0.15, -0.1) is 10.2 Å². The zero-order valence-electron chi connectivity index (χ0n) is 73.6. The molecule has 4 aromatic carbocycles. The normalized spacial score (nSPS) is 18.3. The highest BCUT2D eigenvalue weighted by Crippen LogP contribution is 2.70. The van der Waals surface area contributed by atoms with Crippen molar-refractivity contribution < 1.29 is 107 Å². The molecule has 712 valence electrons. The van der Waals surface area contributed by atoms with Crippen LogP contribution in [0.3, 0.4) is 0 Å². The zero-order valence-corrected chi connectivity index (χ0v) is 77.6. The Morgan fingerprint density at radius 3 is 1.34 bits per heavy atom. The lowest BCUT2D eigenvalue weighted by Crippen LogP contribution is -2.43. The Bertz CT molecular complexity index is 7100. The predicted octanol–water partition coefficient (Wildman–Crippen LogP) is 17.4. The maximum atomic E-state index is 15.6. The fourth-order valence-electron chi connectivity index (χ4n) is 18.0. The molecule has 17 rings (SSSR count). The lowest BCUT2D eigenvalue weighted by atomic mass is 9.86. The van der Waals surface area contributed by atoms with Crippen molar-refractivity contribution in [1.29, 1.82) is 0 Å². The molecule has 6 atom stereocenters. The van der Waals surface area contributed by atoms with E-state index in [9.17, 15) is 85.3 Å². The van der Waals surface area contributed by atoms with Gasteiger partial charge in [-0.1, -0.05) is 59.4 Å². The minimum atomic E-state index is -5.09. The number of carbonyl (C=O) groups is 3. The number of aryl methyl sites for hydroxylation is 2. The summed E-state index contributed by atoms with van der Waals surface area (Å²) < 4.78 is 267. The SMILES string of the molecule is Cn1nc(CC(=S)CNC(=O)C(C)(C)O)c2c(Cl)ccc(-c3ccc(C#CC(C)(C)S(=O)(=O)C4CC4)nc3[C@@H](CC(=O)Cn3nc(C(F)(F)F)c4c3C(F)(F)[C@@H]3C[C@H]43)Cc3cc(F)cc(F)c3)c21.Cn1nc(Cc2nnc(C(C)(C)O)o2)c2c(Cl)ccc(-c3ccc(C#CC(C)(C)S(=O)(=O)C4CC4)nc3[C@@H](CC(=O)Cn3nc(C(F)(F)F)c4c3C(F)(F)[C@@H]3C[C@H]43)Cc3cc(F)cc(F)c3)c21. The number of carbonyl (C=O) groups excluding carboxylic acids is 3. The Morgan fingerprint density at radius 1 is 0.570 bits per heavy atom. The van der Waals surface area contributed by atoms with Crippen LogP contribution < -0.4 is 5.32 Å². The van der Waals surface area contributed by atoms with Gasteiger partial charge in [0.25, 0.3) is 17.8 Å². The quantitative estimate of drug-likeness (QED) is 0.0233. The molecule has 42 heteroatoms. The summed E-state index contributed by atoms with van der Waals surface area (Å²) in [5, 5.41) is 47.7. The summed E-state index contributed by atoms with van der Waals surface area (Å²) in [4.78, 5) is 51.0. The number of benzene rings is 4. The number of amides is 1. The summed E-state index contributed by atoms with van der Waals surface area (Å²) in [7, 11) is -4.13. The van der Waals surface area contributed by atoms with Gasteiger partial charge in [0, 0.05) is 125 Å². The lowest BCUT2D eigenvalue weighted by Gasteiger charge is -2.22. The van der Waals surface area contributed by atoms with Crippen molar-refractivity contribution in [2.75, 3.05) is 6.54 Å². The minimum absolute atomic E-state index is 0.0265. The number of ketones is 2. The highest BCUT2D eigenvalue weighted by molar-refractivity contribution is 7.94. The van der Waals surface area contributed by atoms with Crippen LogP contribution in [0.25, 0.3) is 44.1 Å². The van der Waals surface area contributed by atoms with E-state index in [1.54, 1.807) is 50.5 Å². The average molecular weight is 1980 g/mol. The number of nitrogens with one attached hydrogen (secondary N) is 1. The number of alkyl halides is 10. The number of aromatic nitrogens is 12. The molecule has 135 heavy (non-hydrogen) atoms. The number of rotatable bonds is 28. The Morgan fingerprint density at radius 2 is 0.963 bits per heavy atom. The molecular weight excluding hydrogens is 1890 g/mol. The van der Waals surface area contributed by atoms with E-state index in [-0.39, 0.29) is 101 Å². The van der Waals surface area contributed by atoms with Crippen molar-refractivity contribution in [3.8, 4) is 45.9 Å². The first-order chi connectivity index (χ1) is 62.8. The summed E-state index contributed by atoms with van der Waals surface area (Å²) in [6.07, 6.45) is -10.3. The minimum Gasteiger partial charge on any atom is -0.422 e. The maximum Gasteiger partial charge on any atom is 0.435 e. The summed E-state index contributed by atoms with van der Waals surface area (Å²) in [5.41, 5.74) is -5.87. The Kier molecular flexibility index (Phi) is 25.0. The molecule has 11 aromatic rings. The molecule has 0 spiro atoms. The summed E-state index contributed by atoms with van der Waals surface area (Å²) in [6, 6.07) is 18.0. The van der Waals surface area contributed by atoms with Crippen LogP contribution in [-0.4, -0.2) is 141 Å². The van der Waals surface area contributed by atoms with Crippen molar-refractivity contribution >= 4 is 99.2 Å². The fourth-order valence-corrected chi connectivity index (χ4v) is 22.3. The number of aliphatic hydroxyl groups is 2. The van der Waals surface area contributed by atoms with E-state index in [2.05, 4.69) is 54.5 Å². The topological polar surface area (TPSA) is 308 Å². The molecule has 0 saturated heterocycles. The van der Waals surface area contributed by atoms with Gasteiger partial charge in [0.2, 0.25) is 11.8 Å². The van der Waals surface area contributed by atoms with Crippen LogP contribution in [0.5, 0.6) is 0 Å². The van der Waals surface area contributed by atoms with Crippen LogP contribution in [0, 0.1) is 58.8 Å². The van der Waals surface area contributed by atoms with E-state index in [0.717, 1.165) is 24.3 Å². The lowest BCUT2D eigenvalue weighted by molar-refractivity contribution is -0.143. The van der Waals surface area contributed by atoms with Crippen molar-refractivity contribution in [2.24, 2.45) is 25.9 Å². The predicted molar refractivity (Wildman–Crippen MR) is 470 cm³/mol. The van der Waals surface area contributed by atoms with Crippen LogP contribution in [0.2, 0.25) is 10.0 Å². The van der Waals surface area contributed by atoms with Gasteiger partial charge in [0.1, 0.15) is 79.8 Å². The van der Waals surface area contributed by atoms with Crippen molar-refractivity contribution in [1.82, 2.24) is 64.6 Å². The molecule has 0 unspecified atom stereocenters. The number of hydrogen-bond donors (Lipinski definition) is 3. The Balaban J connectivity index is 0.000000196. The summed E-state index contributed by atoms with van der Waals surface area (Å²) in [6.45, 7) is 9.36. The van der Waals surface area contributed by atoms with E-state index in [1.807, 2.05) is 0 Å². The fraction of sp³-hybridized carbons (Fsp3) is 0.441. The van der Waals surface area contributed by atoms with Crippen LogP contribution >= 0.6 is 35.4 Å². The second kappa shape index (κ2) is 34.7. The van der Waals surface area contributed by atoms with Gasteiger partial charge in [0.15, 0.2) is 42.6 Å². The van der Waals surface area contributed by atoms with Crippen LogP contribution in [0.1, 0.15) is 221 Å². The van der Waals surface area contributed by atoms with Gasteiger partial charge in [-0.25, -0.2) is 44.4 Å². The average Bonchev–Trinajstić information content (AvgIpc) is 1.52. The number of sulfone groups is 2. The van der Waals surface area contributed by atoms with E-state index < -0.39 is 211 Å². The second-order valence-electron chi connectivity index (χ2n) is 37.3. The maximum absolute atomic E-state index is 15.6. The Labute approximate surface area is 778 Å². The van der Waals surface area contributed by atoms with Crippen molar-refractivity contribution in [3.05, 3.63) is 209 Å². The molecule has 6 aliphatic rings. The zero-order chi connectivity index (χ0) is 98.0. The monoisotopic (exact) mass is 1980 g/mol. The molecule has 6 aliphatic carbocycles. The summed E-state index contributed by atoms with van der Waals surface area (Å²) in [5.74, 6) is -9.30. The molecule has 3 N–H and O–H groups in total. The molecular formula is C93H85Cl2F14N13O10S3. The third kappa shape index (κ3) is 19.1. The molecule has 7 aromatic heterocycles. The van der Waals surface area contributed by atoms with Gasteiger partial charge in [-0.3, -0.25) is 33.1 Å². The first-order valence-corrected chi connectivity index (χ1v) is 47.1. The van der Waals surface area contributed by atoms with Gasteiger partial charge in [0.05, 0.1) is 60.8 Å². The standard InChI is InChI=1S/C47H44ClF7N6O5S2.C46H41ClF7N7O5S/c1-44(2,68(65,66)30-7-8-30)13-12-27-6-9-31(32-10-11-35(48)38-36(58-60(5)40(32)38)19-29(67)21-56-43(63)45(3,4)64)39(57-27)24(14-23-15-25(49)18-26(50)16-23)17-28(62)22-61-42-37(41(59-61)47(53,54)55)33-20-34(33)46(42,51)52;1-43(2,67(64,65)28-7-8-28)13-12-26-6-9-29(30-10-11-33(47)37-34(58-60(5)39(30)37)20-35-56-57-42(66-35)44(3,4)63)38(55-26)23(14-22-15-24(48)18-25(49)16-22)17-27(62)21-61-41-36(40(59-61)46(52,53)54)31-19-32(31)45(41,50)51/h6,9-11,15-16,18,24,30,33-34,64H,7-8,14,17,19-22H2,1-5H3,(H,56,63);6,9-11,15-16,18,23,28,31-32,63H,7-8,14,17,19-21H2,1-5H3/t24-,33+,34-;23-,31+,32-/m11/s1. The summed E-state index contributed by atoms with van der Waals surface area (Å²) >= 11 is 19.3. The number of pyridine rings is 2. The Hall–Kier alpha value is -10.9. The van der Waals surface area contributed by atoms with Gasteiger partial charge < -0.3 is 19.9 Å². The molecule has 0 bridgehead atoms. The second-order valence-corrected chi connectivity index (χ2v) is 44.2. The largest absolute Gasteiger partial charge is 0.435 e. The molecule has 23 nitrogen and oxygen atoms in total. The number of fused-ring (bicyclic) bond motifs is 8. The van der Waals surface area contributed by atoms with Gasteiger partial charge in [-0.05, 0) is 202 Å². The van der Waals surface area contributed by atoms with Crippen LogP contribution in [-0.2, 0) is 117 Å². The number of thiocarbonyl (C=S) groups is 1. The highest BCUT2D eigenvalue weighted by Gasteiger charge is 2.70. The van der Waals surface area contributed by atoms with Crippen molar-refractivity contribution in [2.45, 2.75) is 225 Å².